The predicted octanol–water partition coefficient (Wildman–Crippen LogP) is 0.967. The molecule has 0 saturated carbocycles. The van der Waals surface area contributed by atoms with Gasteiger partial charge in [-0.1, -0.05) is 13.3 Å². The van der Waals surface area contributed by atoms with Crippen LogP contribution in [0.15, 0.2) is 0 Å². The Labute approximate surface area is 118 Å². The van der Waals surface area contributed by atoms with E-state index in [0.29, 0.717) is 32.3 Å². The van der Waals surface area contributed by atoms with Crippen LogP contribution in [0.25, 0.3) is 11.2 Å². The molecule has 7 nitrogen and oxygen atoms in total. The Bertz CT molecular complexity index is 561. The number of fused-ring (bicyclic) bond motifs is 1. The smallest absolute Gasteiger partial charge is 0.202 e. The molecular formula is C13H23N5O2. The van der Waals surface area contributed by atoms with Gasteiger partial charge in [0.05, 0.1) is 32.1 Å². The lowest BCUT2D eigenvalue weighted by atomic mass is 10.2. The van der Waals surface area contributed by atoms with Crippen molar-refractivity contribution in [2.75, 3.05) is 32.7 Å². The summed E-state index contributed by atoms with van der Waals surface area (Å²) in [6.45, 7) is 4.55. The van der Waals surface area contributed by atoms with E-state index in [9.17, 15) is 0 Å². The minimum atomic E-state index is 0.515. The summed E-state index contributed by atoms with van der Waals surface area (Å²) in [5.41, 5.74) is 8.88. The molecule has 2 N–H and O–H groups in total. The van der Waals surface area contributed by atoms with Gasteiger partial charge < -0.3 is 15.2 Å². The number of nitrogens with zero attached hydrogens (tertiary/aromatic N) is 4. The van der Waals surface area contributed by atoms with Crippen LogP contribution < -0.4 is 5.73 Å². The lowest BCUT2D eigenvalue weighted by Crippen LogP contribution is -2.13. The van der Waals surface area contributed by atoms with E-state index in [1.54, 1.807) is 7.11 Å². The SMILES string of the molecule is CCCc1nn(C)c2c1nc(N)n2CCOCCOC. The first-order valence-corrected chi connectivity index (χ1v) is 6.93. The summed E-state index contributed by atoms with van der Waals surface area (Å²) in [6, 6.07) is 0. The molecule has 112 valence electrons. The third kappa shape index (κ3) is 2.94. The van der Waals surface area contributed by atoms with E-state index in [1.807, 2.05) is 16.3 Å². The van der Waals surface area contributed by atoms with Crippen molar-refractivity contribution in [3.8, 4) is 0 Å². The fourth-order valence-electron chi connectivity index (χ4n) is 2.28. The Morgan fingerprint density at radius 3 is 2.75 bits per heavy atom. The second-order valence-electron chi connectivity index (χ2n) is 4.72. The second-order valence-corrected chi connectivity index (χ2v) is 4.72. The maximum Gasteiger partial charge on any atom is 0.202 e. The standard InChI is InChI=1S/C13H23N5O2/c1-4-5-10-11-12(17(2)16-10)18(13(14)15-11)6-7-20-9-8-19-3/h4-9H2,1-3H3,(H2,14,15). The summed E-state index contributed by atoms with van der Waals surface area (Å²) >= 11 is 0. The summed E-state index contributed by atoms with van der Waals surface area (Å²) in [6.07, 6.45) is 1.96. The largest absolute Gasteiger partial charge is 0.382 e. The average molecular weight is 281 g/mol. The molecule has 0 saturated heterocycles. The van der Waals surface area contributed by atoms with Crippen molar-refractivity contribution in [3.05, 3.63) is 5.69 Å². The van der Waals surface area contributed by atoms with E-state index in [1.165, 1.54) is 0 Å². The number of nitrogens with two attached hydrogens (primary N) is 1. The molecule has 0 atom stereocenters. The van der Waals surface area contributed by atoms with Crippen LogP contribution in [0.1, 0.15) is 19.0 Å². The highest BCUT2D eigenvalue weighted by Crippen LogP contribution is 2.21. The van der Waals surface area contributed by atoms with Gasteiger partial charge in [-0.25, -0.2) is 4.98 Å². The van der Waals surface area contributed by atoms with Crippen LogP contribution in [-0.4, -0.2) is 46.3 Å². The van der Waals surface area contributed by atoms with E-state index in [-0.39, 0.29) is 0 Å². The molecule has 0 spiro atoms. The average Bonchev–Trinajstić information content (AvgIpc) is 2.89. The number of ether oxygens (including phenoxy) is 2. The van der Waals surface area contributed by atoms with E-state index in [0.717, 1.165) is 29.7 Å². The van der Waals surface area contributed by atoms with Crippen molar-refractivity contribution in [2.24, 2.45) is 7.05 Å². The Morgan fingerprint density at radius 1 is 1.25 bits per heavy atom. The van der Waals surface area contributed by atoms with Crippen molar-refractivity contribution in [1.82, 2.24) is 19.3 Å². The minimum Gasteiger partial charge on any atom is -0.382 e. The van der Waals surface area contributed by atoms with E-state index in [4.69, 9.17) is 15.2 Å². The van der Waals surface area contributed by atoms with Crippen molar-refractivity contribution < 1.29 is 9.47 Å². The third-order valence-electron chi connectivity index (χ3n) is 3.20. The second kappa shape index (κ2) is 6.71. The van der Waals surface area contributed by atoms with Crippen molar-refractivity contribution in [3.63, 3.8) is 0 Å². The molecule has 0 fully saturated rings. The van der Waals surface area contributed by atoms with Gasteiger partial charge in [0.1, 0.15) is 5.52 Å². The Hall–Kier alpha value is -1.60. The molecule has 2 aromatic rings. The lowest BCUT2D eigenvalue weighted by molar-refractivity contribution is 0.0670. The van der Waals surface area contributed by atoms with Crippen LogP contribution in [0.4, 0.5) is 5.95 Å². The molecule has 0 aliphatic heterocycles. The highest BCUT2D eigenvalue weighted by molar-refractivity contribution is 5.77. The number of methoxy groups -OCH3 is 1. The van der Waals surface area contributed by atoms with Crippen LogP contribution in [-0.2, 0) is 29.5 Å². The highest BCUT2D eigenvalue weighted by atomic mass is 16.5. The first-order valence-electron chi connectivity index (χ1n) is 6.93. The topological polar surface area (TPSA) is 80.1 Å². The Kier molecular flexibility index (Phi) is 4.97. The first kappa shape index (κ1) is 14.8. The summed E-state index contributed by atoms with van der Waals surface area (Å²) in [5.74, 6) is 0.515. The maximum atomic E-state index is 6.00. The molecule has 2 aromatic heterocycles. The molecule has 0 amide bonds. The molecule has 20 heavy (non-hydrogen) atoms. The summed E-state index contributed by atoms with van der Waals surface area (Å²) in [7, 11) is 3.58. The van der Waals surface area contributed by atoms with Crippen LogP contribution in [0, 0.1) is 0 Å². The number of nitrogen functional groups attached to an aromatic ring is 1. The number of imidazole rings is 1. The van der Waals surface area contributed by atoms with Gasteiger partial charge in [0.25, 0.3) is 0 Å². The van der Waals surface area contributed by atoms with Crippen LogP contribution in [0.5, 0.6) is 0 Å². The molecule has 0 unspecified atom stereocenters. The van der Waals surface area contributed by atoms with Gasteiger partial charge in [0.15, 0.2) is 5.65 Å². The molecule has 7 heteroatoms. The van der Waals surface area contributed by atoms with Crippen molar-refractivity contribution in [2.45, 2.75) is 26.3 Å². The molecule has 0 aromatic carbocycles. The quantitative estimate of drug-likeness (QED) is 0.729. The Morgan fingerprint density at radius 2 is 2.05 bits per heavy atom. The lowest BCUT2D eigenvalue weighted by Gasteiger charge is -2.07. The van der Waals surface area contributed by atoms with Gasteiger partial charge in [-0.15, -0.1) is 0 Å². The number of aromatic nitrogens is 4. The summed E-state index contributed by atoms with van der Waals surface area (Å²) < 4.78 is 14.2. The van der Waals surface area contributed by atoms with E-state index < -0.39 is 0 Å². The van der Waals surface area contributed by atoms with Gasteiger partial charge >= 0.3 is 0 Å². The van der Waals surface area contributed by atoms with E-state index in [2.05, 4.69) is 17.0 Å². The van der Waals surface area contributed by atoms with Gasteiger partial charge in [-0.3, -0.25) is 9.25 Å². The van der Waals surface area contributed by atoms with Crippen molar-refractivity contribution in [1.29, 1.82) is 0 Å². The Balaban J connectivity index is 2.14. The maximum absolute atomic E-state index is 6.00. The fraction of sp³-hybridized carbons (Fsp3) is 0.692. The monoisotopic (exact) mass is 281 g/mol. The normalized spacial score (nSPS) is 11.6. The molecule has 0 radical (unpaired) electrons. The van der Waals surface area contributed by atoms with Gasteiger partial charge in [-0.2, -0.15) is 5.10 Å². The number of hydrogen-bond acceptors (Lipinski definition) is 5. The molecule has 2 heterocycles. The molecule has 0 bridgehead atoms. The zero-order valence-corrected chi connectivity index (χ0v) is 12.4. The summed E-state index contributed by atoms with van der Waals surface area (Å²) in [5, 5.41) is 4.52. The number of rotatable bonds is 8. The first-order chi connectivity index (χ1) is 9.69. The molecule has 0 aliphatic carbocycles. The van der Waals surface area contributed by atoms with Gasteiger partial charge in [-0.05, 0) is 6.42 Å². The summed E-state index contributed by atoms with van der Waals surface area (Å²) in [4.78, 5) is 4.44. The predicted molar refractivity (Wildman–Crippen MR) is 77.6 cm³/mol. The fourth-order valence-corrected chi connectivity index (χ4v) is 2.28. The third-order valence-corrected chi connectivity index (χ3v) is 3.20. The number of anilines is 1. The van der Waals surface area contributed by atoms with Gasteiger partial charge in [0, 0.05) is 14.2 Å². The zero-order valence-electron chi connectivity index (χ0n) is 12.4. The highest BCUT2D eigenvalue weighted by Gasteiger charge is 2.17. The zero-order chi connectivity index (χ0) is 14.5. The van der Waals surface area contributed by atoms with Crippen molar-refractivity contribution >= 4 is 17.1 Å². The molecule has 0 aliphatic rings. The molecular weight excluding hydrogens is 258 g/mol. The van der Waals surface area contributed by atoms with Gasteiger partial charge in [0.2, 0.25) is 5.95 Å². The van der Waals surface area contributed by atoms with Crippen LogP contribution in [0.3, 0.4) is 0 Å². The van der Waals surface area contributed by atoms with Crippen LogP contribution in [0.2, 0.25) is 0 Å². The number of hydrogen-bond donors (Lipinski definition) is 1. The molecule has 2 rings (SSSR count). The number of aryl methyl sites for hydroxylation is 2. The van der Waals surface area contributed by atoms with Crippen LogP contribution >= 0.6 is 0 Å². The van der Waals surface area contributed by atoms with E-state index >= 15 is 0 Å². The minimum absolute atomic E-state index is 0.515.